The molecule has 21 heavy (non-hydrogen) atoms. The van der Waals surface area contributed by atoms with Crippen molar-refractivity contribution < 1.29 is 18.3 Å². The van der Waals surface area contributed by atoms with Gasteiger partial charge in [0.2, 0.25) is 10.0 Å². The minimum Gasteiger partial charge on any atom is -0.481 e. The zero-order valence-corrected chi connectivity index (χ0v) is 12.2. The number of aliphatic carboxylic acids is 1. The highest BCUT2D eigenvalue weighted by Crippen LogP contribution is 2.16. The number of carboxylic acids is 1. The van der Waals surface area contributed by atoms with Gasteiger partial charge in [-0.1, -0.05) is 12.1 Å². The number of nitrogens with zero attached hydrogens (tertiary/aromatic N) is 2. The summed E-state index contributed by atoms with van der Waals surface area (Å²) >= 11 is 0. The van der Waals surface area contributed by atoms with Crippen LogP contribution in [0.5, 0.6) is 0 Å². The van der Waals surface area contributed by atoms with Crippen LogP contribution in [0.4, 0.5) is 0 Å². The first-order chi connectivity index (χ1) is 9.89. The normalized spacial score (nSPS) is 11.7. The van der Waals surface area contributed by atoms with Crippen LogP contribution in [-0.4, -0.2) is 40.8 Å². The van der Waals surface area contributed by atoms with E-state index in [9.17, 15) is 13.2 Å². The molecule has 112 valence electrons. The van der Waals surface area contributed by atoms with Gasteiger partial charge in [-0.3, -0.25) is 4.79 Å². The number of aromatic amines is 1. The summed E-state index contributed by atoms with van der Waals surface area (Å²) in [5, 5.41) is 8.69. The quantitative estimate of drug-likeness (QED) is 0.823. The van der Waals surface area contributed by atoms with Crippen LogP contribution in [0.3, 0.4) is 0 Å². The first-order valence-corrected chi connectivity index (χ1v) is 7.59. The van der Waals surface area contributed by atoms with Crippen LogP contribution in [0.2, 0.25) is 0 Å². The molecule has 0 amide bonds. The van der Waals surface area contributed by atoms with Gasteiger partial charge in [0.1, 0.15) is 5.82 Å². The number of hydrogen-bond donors (Lipinski definition) is 2. The standard InChI is InChI=1S/C13H15N3O4S/c1-16(9-12-14-6-7-15-12)21(19,20)11-4-2-10(3-5-11)8-13(17)18/h2-7H,8-9H2,1H3,(H,14,15)(H,17,18). The Morgan fingerprint density at radius 1 is 1.33 bits per heavy atom. The van der Waals surface area contributed by atoms with E-state index in [1.54, 1.807) is 12.4 Å². The van der Waals surface area contributed by atoms with Crippen LogP contribution < -0.4 is 0 Å². The number of rotatable bonds is 6. The van der Waals surface area contributed by atoms with Gasteiger partial charge in [0.05, 0.1) is 17.9 Å². The van der Waals surface area contributed by atoms with Gasteiger partial charge in [-0.25, -0.2) is 13.4 Å². The van der Waals surface area contributed by atoms with Crippen molar-refractivity contribution >= 4 is 16.0 Å². The summed E-state index contributed by atoms with van der Waals surface area (Å²) in [7, 11) is -2.17. The molecule has 0 radical (unpaired) electrons. The summed E-state index contributed by atoms with van der Waals surface area (Å²) in [6, 6.07) is 5.82. The number of H-pyrrole nitrogens is 1. The van der Waals surface area contributed by atoms with Crippen molar-refractivity contribution in [2.45, 2.75) is 17.9 Å². The molecule has 0 saturated heterocycles. The lowest BCUT2D eigenvalue weighted by molar-refractivity contribution is -0.136. The van der Waals surface area contributed by atoms with Crippen molar-refractivity contribution in [2.24, 2.45) is 0 Å². The molecular weight excluding hydrogens is 294 g/mol. The van der Waals surface area contributed by atoms with E-state index in [0.29, 0.717) is 11.4 Å². The highest BCUT2D eigenvalue weighted by Gasteiger charge is 2.21. The molecule has 0 spiro atoms. The third kappa shape index (κ3) is 3.67. The lowest BCUT2D eigenvalue weighted by Gasteiger charge is -2.16. The number of hydrogen-bond acceptors (Lipinski definition) is 4. The number of aromatic nitrogens is 2. The number of carboxylic acid groups (broad SMARTS) is 1. The summed E-state index contributed by atoms with van der Waals surface area (Å²) in [4.78, 5) is 17.5. The zero-order valence-electron chi connectivity index (χ0n) is 11.4. The fraction of sp³-hybridized carbons (Fsp3) is 0.231. The third-order valence-electron chi connectivity index (χ3n) is 2.91. The van der Waals surface area contributed by atoms with Crippen LogP contribution in [-0.2, 0) is 27.8 Å². The van der Waals surface area contributed by atoms with E-state index in [0.717, 1.165) is 0 Å². The molecular formula is C13H15N3O4S. The maximum Gasteiger partial charge on any atom is 0.307 e. The SMILES string of the molecule is CN(Cc1ncc[nH]1)S(=O)(=O)c1ccc(CC(=O)O)cc1. The Hall–Kier alpha value is -2.19. The Kier molecular flexibility index (Phi) is 4.39. The molecule has 1 heterocycles. The topological polar surface area (TPSA) is 103 Å². The molecule has 0 unspecified atom stereocenters. The molecule has 8 heteroatoms. The van der Waals surface area contributed by atoms with Gasteiger partial charge < -0.3 is 10.1 Å². The highest BCUT2D eigenvalue weighted by molar-refractivity contribution is 7.89. The predicted molar refractivity (Wildman–Crippen MR) is 75.0 cm³/mol. The van der Waals surface area contributed by atoms with Gasteiger partial charge in [-0.15, -0.1) is 0 Å². The summed E-state index contributed by atoms with van der Waals surface area (Å²) < 4.78 is 25.9. The van der Waals surface area contributed by atoms with Gasteiger partial charge in [0.15, 0.2) is 0 Å². The zero-order chi connectivity index (χ0) is 15.5. The van der Waals surface area contributed by atoms with Gasteiger partial charge in [-0.2, -0.15) is 4.31 Å². The van der Waals surface area contributed by atoms with Gasteiger partial charge in [0, 0.05) is 19.4 Å². The van der Waals surface area contributed by atoms with Gasteiger partial charge >= 0.3 is 5.97 Å². The second kappa shape index (κ2) is 6.06. The lowest BCUT2D eigenvalue weighted by atomic mass is 10.2. The van der Waals surface area contributed by atoms with Crippen LogP contribution in [0, 0.1) is 0 Å². The minimum atomic E-state index is -3.63. The summed E-state index contributed by atoms with van der Waals surface area (Å²) in [5.74, 6) is -0.413. The van der Waals surface area contributed by atoms with E-state index in [2.05, 4.69) is 9.97 Å². The molecule has 0 fully saturated rings. The Labute approximate surface area is 122 Å². The Morgan fingerprint density at radius 2 is 2.00 bits per heavy atom. The van der Waals surface area contributed by atoms with E-state index in [4.69, 9.17) is 5.11 Å². The number of nitrogens with one attached hydrogen (secondary N) is 1. The van der Waals surface area contributed by atoms with E-state index in [-0.39, 0.29) is 17.9 Å². The molecule has 0 aliphatic heterocycles. The molecule has 0 aliphatic rings. The maximum absolute atomic E-state index is 12.4. The average molecular weight is 309 g/mol. The van der Waals surface area contributed by atoms with E-state index >= 15 is 0 Å². The van der Waals surface area contributed by atoms with E-state index in [1.165, 1.54) is 35.6 Å². The Bertz CT molecular complexity index is 708. The van der Waals surface area contributed by atoms with Crippen LogP contribution in [0.1, 0.15) is 11.4 Å². The van der Waals surface area contributed by atoms with Crippen molar-refractivity contribution in [3.63, 3.8) is 0 Å². The number of benzene rings is 1. The van der Waals surface area contributed by atoms with Crippen molar-refractivity contribution in [3.8, 4) is 0 Å². The fourth-order valence-electron chi connectivity index (χ4n) is 1.81. The first-order valence-electron chi connectivity index (χ1n) is 6.15. The molecule has 2 aromatic rings. The summed E-state index contributed by atoms with van der Waals surface area (Å²) in [5.41, 5.74) is 0.551. The summed E-state index contributed by atoms with van der Waals surface area (Å²) in [6.07, 6.45) is 3.04. The van der Waals surface area contributed by atoms with Crippen molar-refractivity contribution in [1.82, 2.24) is 14.3 Å². The molecule has 2 N–H and O–H groups in total. The van der Waals surface area contributed by atoms with E-state index < -0.39 is 16.0 Å². The predicted octanol–water partition coefficient (Wildman–Crippen LogP) is 0.857. The molecule has 0 bridgehead atoms. The smallest absolute Gasteiger partial charge is 0.307 e. The van der Waals surface area contributed by atoms with Gasteiger partial charge in [-0.05, 0) is 17.7 Å². The van der Waals surface area contributed by atoms with Crippen LogP contribution in [0.15, 0.2) is 41.6 Å². The molecule has 1 aromatic heterocycles. The number of sulfonamides is 1. The van der Waals surface area contributed by atoms with Crippen molar-refractivity contribution in [2.75, 3.05) is 7.05 Å². The maximum atomic E-state index is 12.4. The molecule has 0 aliphatic carbocycles. The molecule has 1 aromatic carbocycles. The highest BCUT2D eigenvalue weighted by atomic mass is 32.2. The van der Waals surface area contributed by atoms with Crippen molar-refractivity contribution in [1.29, 1.82) is 0 Å². The Morgan fingerprint density at radius 3 is 2.52 bits per heavy atom. The van der Waals surface area contributed by atoms with Gasteiger partial charge in [0.25, 0.3) is 0 Å². The number of imidazole rings is 1. The summed E-state index contributed by atoms with van der Waals surface area (Å²) in [6.45, 7) is 0.131. The second-order valence-electron chi connectivity index (χ2n) is 4.51. The second-order valence-corrected chi connectivity index (χ2v) is 6.56. The Balaban J connectivity index is 2.16. The van der Waals surface area contributed by atoms with Crippen LogP contribution >= 0.6 is 0 Å². The molecule has 0 saturated carbocycles. The van der Waals surface area contributed by atoms with Crippen molar-refractivity contribution in [3.05, 3.63) is 48.0 Å². The number of carbonyl (C=O) groups is 1. The first kappa shape index (κ1) is 15.2. The monoisotopic (exact) mass is 309 g/mol. The third-order valence-corrected chi connectivity index (χ3v) is 4.73. The largest absolute Gasteiger partial charge is 0.481 e. The lowest BCUT2D eigenvalue weighted by Crippen LogP contribution is -2.27. The molecule has 2 rings (SSSR count). The van der Waals surface area contributed by atoms with E-state index in [1.807, 2.05) is 0 Å². The molecule has 7 nitrogen and oxygen atoms in total. The fourth-order valence-corrected chi connectivity index (χ4v) is 2.95. The minimum absolute atomic E-state index is 0.116. The van der Waals surface area contributed by atoms with Crippen LogP contribution in [0.25, 0.3) is 0 Å². The average Bonchev–Trinajstić information content (AvgIpc) is 2.91. The molecule has 0 atom stereocenters.